The molecule has 3 aromatic rings. The van der Waals surface area contributed by atoms with Crippen molar-refractivity contribution in [2.24, 2.45) is 0 Å². The summed E-state index contributed by atoms with van der Waals surface area (Å²) >= 11 is 1.48. The van der Waals surface area contributed by atoms with E-state index in [-0.39, 0.29) is 0 Å². The highest BCUT2D eigenvalue weighted by atomic mass is 32.1. The summed E-state index contributed by atoms with van der Waals surface area (Å²) in [6.45, 7) is 1.75. The molecule has 3 rings (SSSR count). The molecule has 0 aliphatic rings. The Balaban J connectivity index is 1.43. The number of hydrogen-bond donors (Lipinski definition) is 0. The number of thiazole rings is 1. The van der Waals surface area contributed by atoms with E-state index in [2.05, 4.69) is 10.1 Å². The number of nitrogens with zero attached hydrogens (tertiary/aromatic N) is 3. The van der Waals surface area contributed by atoms with Gasteiger partial charge in [-0.05, 0) is 23.8 Å². The number of benzene rings is 1. The summed E-state index contributed by atoms with van der Waals surface area (Å²) in [5.41, 5.74) is 1.19. The highest BCUT2D eigenvalue weighted by molar-refractivity contribution is 7.11. The first-order valence-corrected chi connectivity index (χ1v) is 7.49. The summed E-state index contributed by atoms with van der Waals surface area (Å²) in [6, 6.07) is 9.92. The summed E-state index contributed by atoms with van der Waals surface area (Å²) in [5, 5.41) is 6.74. The van der Waals surface area contributed by atoms with Gasteiger partial charge in [-0.15, -0.1) is 0 Å². The average molecular weight is 301 g/mol. The third-order valence-electron chi connectivity index (χ3n) is 2.81. The van der Waals surface area contributed by atoms with Gasteiger partial charge in [0.2, 0.25) is 0 Å². The topological polar surface area (TPSA) is 49.2 Å². The van der Waals surface area contributed by atoms with Gasteiger partial charge in [0.1, 0.15) is 19.0 Å². The van der Waals surface area contributed by atoms with E-state index in [9.17, 15) is 0 Å². The minimum Gasteiger partial charge on any atom is -0.490 e. The van der Waals surface area contributed by atoms with Crippen LogP contribution in [0.4, 0.5) is 0 Å². The molecular formula is C15H15N3O2S. The molecule has 1 aromatic carbocycles. The van der Waals surface area contributed by atoms with Crippen LogP contribution < -0.4 is 9.47 Å². The largest absolute Gasteiger partial charge is 0.490 e. The molecule has 2 heterocycles. The molecule has 0 radical (unpaired) electrons. The Morgan fingerprint density at radius 1 is 1.05 bits per heavy atom. The Hall–Kier alpha value is -2.34. The van der Waals surface area contributed by atoms with Crippen LogP contribution in [-0.4, -0.2) is 28.0 Å². The molecule has 0 atom stereocenters. The minimum atomic E-state index is 0.489. The fourth-order valence-corrected chi connectivity index (χ4v) is 2.35. The number of ether oxygens (including phenoxy) is 2. The summed E-state index contributed by atoms with van der Waals surface area (Å²) in [4.78, 5) is 4.04. The van der Waals surface area contributed by atoms with E-state index < -0.39 is 0 Å². The van der Waals surface area contributed by atoms with Crippen LogP contribution in [0.3, 0.4) is 0 Å². The first-order chi connectivity index (χ1) is 10.4. The highest BCUT2D eigenvalue weighted by Crippen LogP contribution is 2.15. The monoisotopic (exact) mass is 301 g/mol. The SMILES string of the molecule is c1cnn(Cc2ccc(OCCOc3nccs3)cc2)c1. The Labute approximate surface area is 126 Å². The molecule has 0 spiro atoms. The maximum absolute atomic E-state index is 5.62. The lowest BCUT2D eigenvalue weighted by molar-refractivity contribution is 0.216. The molecule has 5 nitrogen and oxygen atoms in total. The Kier molecular flexibility index (Phi) is 4.48. The van der Waals surface area contributed by atoms with Gasteiger partial charge in [0, 0.05) is 24.0 Å². The van der Waals surface area contributed by atoms with Crippen molar-refractivity contribution in [3.8, 4) is 10.9 Å². The third-order valence-corrected chi connectivity index (χ3v) is 3.50. The zero-order chi connectivity index (χ0) is 14.3. The van der Waals surface area contributed by atoms with Gasteiger partial charge >= 0.3 is 0 Å². The molecule has 0 unspecified atom stereocenters. The van der Waals surface area contributed by atoms with E-state index in [0.29, 0.717) is 18.4 Å². The molecule has 2 aromatic heterocycles. The quantitative estimate of drug-likeness (QED) is 0.630. The molecule has 0 saturated carbocycles. The number of aromatic nitrogens is 3. The molecule has 6 heteroatoms. The fourth-order valence-electron chi connectivity index (χ4n) is 1.84. The van der Waals surface area contributed by atoms with Crippen molar-refractivity contribution >= 4 is 11.3 Å². The second-order valence-electron chi connectivity index (χ2n) is 4.34. The molecule has 21 heavy (non-hydrogen) atoms. The normalized spacial score (nSPS) is 10.5. The first kappa shape index (κ1) is 13.6. The van der Waals surface area contributed by atoms with Gasteiger partial charge in [-0.2, -0.15) is 5.10 Å². The van der Waals surface area contributed by atoms with Crippen LogP contribution in [0.15, 0.2) is 54.3 Å². The van der Waals surface area contributed by atoms with E-state index in [1.165, 1.54) is 16.9 Å². The fraction of sp³-hybridized carbons (Fsp3) is 0.200. The smallest absolute Gasteiger partial charge is 0.273 e. The number of hydrogen-bond acceptors (Lipinski definition) is 5. The Morgan fingerprint density at radius 2 is 1.90 bits per heavy atom. The molecule has 0 N–H and O–H groups in total. The van der Waals surface area contributed by atoms with Crippen molar-refractivity contribution < 1.29 is 9.47 Å². The van der Waals surface area contributed by atoms with Gasteiger partial charge in [-0.25, -0.2) is 4.98 Å². The van der Waals surface area contributed by atoms with Crippen LogP contribution in [0.25, 0.3) is 0 Å². The van der Waals surface area contributed by atoms with Gasteiger partial charge < -0.3 is 9.47 Å². The van der Waals surface area contributed by atoms with E-state index in [1.54, 1.807) is 12.4 Å². The van der Waals surface area contributed by atoms with Crippen molar-refractivity contribution in [2.45, 2.75) is 6.54 Å². The van der Waals surface area contributed by atoms with E-state index in [1.807, 2.05) is 46.6 Å². The molecule has 0 amide bonds. The zero-order valence-corrected chi connectivity index (χ0v) is 12.2. The van der Waals surface area contributed by atoms with Crippen LogP contribution in [-0.2, 0) is 6.54 Å². The molecule has 0 fully saturated rings. The maximum Gasteiger partial charge on any atom is 0.273 e. The maximum atomic E-state index is 5.62. The highest BCUT2D eigenvalue weighted by Gasteiger charge is 1.99. The van der Waals surface area contributed by atoms with Crippen molar-refractivity contribution in [3.05, 3.63) is 59.9 Å². The van der Waals surface area contributed by atoms with E-state index >= 15 is 0 Å². The second-order valence-corrected chi connectivity index (χ2v) is 5.20. The first-order valence-electron chi connectivity index (χ1n) is 6.61. The number of rotatable bonds is 7. The molecule has 0 aliphatic heterocycles. The average Bonchev–Trinajstić information content (AvgIpc) is 3.19. The van der Waals surface area contributed by atoms with Crippen molar-refractivity contribution in [2.75, 3.05) is 13.2 Å². The molecule has 0 aliphatic carbocycles. The van der Waals surface area contributed by atoms with Crippen LogP contribution >= 0.6 is 11.3 Å². The van der Waals surface area contributed by atoms with Crippen molar-refractivity contribution in [1.82, 2.24) is 14.8 Å². The predicted molar refractivity (Wildman–Crippen MR) is 80.9 cm³/mol. The minimum absolute atomic E-state index is 0.489. The molecule has 0 bridgehead atoms. The summed E-state index contributed by atoms with van der Waals surface area (Å²) in [5.74, 6) is 0.835. The molecule has 0 saturated heterocycles. The predicted octanol–water partition coefficient (Wildman–Crippen LogP) is 2.85. The third kappa shape index (κ3) is 4.06. The summed E-state index contributed by atoms with van der Waals surface area (Å²) < 4.78 is 12.9. The second kappa shape index (κ2) is 6.90. The Bertz CT molecular complexity index is 636. The van der Waals surface area contributed by atoms with Crippen molar-refractivity contribution in [3.63, 3.8) is 0 Å². The molecule has 108 valence electrons. The lowest BCUT2D eigenvalue weighted by Gasteiger charge is -2.07. The zero-order valence-electron chi connectivity index (χ0n) is 11.4. The van der Waals surface area contributed by atoms with Crippen LogP contribution in [0.1, 0.15) is 5.56 Å². The van der Waals surface area contributed by atoms with Gasteiger partial charge in [-0.1, -0.05) is 23.5 Å². The summed E-state index contributed by atoms with van der Waals surface area (Å²) in [6.07, 6.45) is 5.44. The molecular weight excluding hydrogens is 286 g/mol. The van der Waals surface area contributed by atoms with Crippen LogP contribution in [0.5, 0.6) is 10.9 Å². The van der Waals surface area contributed by atoms with E-state index in [4.69, 9.17) is 9.47 Å². The van der Waals surface area contributed by atoms with Crippen LogP contribution in [0, 0.1) is 0 Å². The van der Waals surface area contributed by atoms with Gasteiger partial charge in [0.15, 0.2) is 0 Å². The van der Waals surface area contributed by atoms with Gasteiger partial charge in [0.25, 0.3) is 5.19 Å². The van der Waals surface area contributed by atoms with Gasteiger partial charge in [-0.3, -0.25) is 4.68 Å². The van der Waals surface area contributed by atoms with Crippen LogP contribution in [0.2, 0.25) is 0 Å². The lowest BCUT2D eigenvalue weighted by atomic mass is 10.2. The standard InChI is InChI=1S/C15H15N3O2S/c1-6-17-18(8-1)12-13-2-4-14(5-3-13)19-9-10-20-15-16-7-11-21-15/h1-8,11H,9-10,12H2. The Morgan fingerprint density at radius 3 is 2.62 bits per heavy atom. The lowest BCUT2D eigenvalue weighted by Crippen LogP contribution is -2.08. The van der Waals surface area contributed by atoms with E-state index in [0.717, 1.165) is 12.3 Å². The van der Waals surface area contributed by atoms with Crippen molar-refractivity contribution in [1.29, 1.82) is 0 Å². The van der Waals surface area contributed by atoms with Gasteiger partial charge in [0.05, 0.1) is 6.54 Å². The summed E-state index contributed by atoms with van der Waals surface area (Å²) in [7, 11) is 0.